The minimum Gasteiger partial charge on any atom is -0.444 e. The van der Waals surface area contributed by atoms with Gasteiger partial charge in [0.05, 0.1) is 17.7 Å². The van der Waals surface area contributed by atoms with Gasteiger partial charge >= 0.3 is 18.3 Å². The number of rotatable bonds is 0. The SMILES string of the molecule is CC(C)(C)OC(=O)N1CCCC(=O)CC1.CC(C)(C)OC(=O)N1CCCc2c(sc(N)c2C#N)C1.CC(C)(C)OC(=O)N1CCc2sc(N)c(C#N)c2CC1. The van der Waals surface area contributed by atoms with Gasteiger partial charge in [0, 0.05) is 55.3 Å². The van der Waals surface area contributed by atoms with Crippen molar-refractivity contribution in [3.8, 4) is 12.1 Å². The average Bonchev–Trinajstić information content (AvgIpc) is 3.24. The molecule has 0 saturated carbocycles. The Hall–Kier alpha value is -4.54. The van der Waals surface area contributed by atoms with Gasteiger partial charge in [0.1, 0.15) is 44.7 Å². The first-order chi connectivity index (χ1) is 25.5. The zero-order chi connectivity index (χ0) is 41.3. The lowest BCUT2D eigenvalue weighted by Crippen LogP contribution is -2.38. The standard InChI is InChI=1S/2C14H19N3O2S.C11H19NO3/c1-14(2,3)19-13(18)17-6-4-9-10(8-15)12(16)20-11(9)5-7-17;1-14(2,3)19-13(18)17-6-4-5-9-10(7-15)12(16)20-11(9)8-17;1-11(2,3)15-10(14)12-7-4-5-9(13)6-8-12/h4-7,16H2,1-3H3;4-6,8,16H2,1-3H3;4-8H2,1-3H3. The zero-order valence-corrected chi connectivity index (χ0v) is 35.4. The lowest BCUT2D eigenvalue weighted by molar-refractivity contribution is -0.118. The van der Waals surface area contributed by atoms with Gasteiger partial charge in [0.15, 0.2) is 0 Å². The Labute approximate surface area is 333 Å². The Balaban J connectivity index is 0.000000224. The second-order valence-electron chi connectivity index (χ2n) is 16.5. The van der Waals surface area contributed by atoms with Crippen LogP contribution in [0.25, 0.3) is 0 Å². The van der Waals surface area contributed by atoms with Crippen LogP contribution in [0.2, 0.25) is 0 Å². The molecule has 14 nitrogen and oxygen atoms in total. The third kappa shape index (κ3) is 13.9. The predicted octanol–water partition coefficient (Wildman–Crippen LogP) is 7.40. The number of ether oxygens (including phenoxy) is 3. The third-order valence-electron chi connectivity index (χ3n) is 8.39. The number of carbonyl (C=O) groups excluding carboxylic acids is 4. The predicted molar refractivity (Wildman–Crippen MR) is 214 cm³/mol. The minimum atomic E-state index is -0.501. The summed E-state index contributed by atoms with van der Waals surface area (Å²) in [5.74, 6) is 0.237. The van der Waals surface area contributed by atoms with E-state index < -0.39 is 16.8 Å². The second kappa shape index (κ2) is 18.9. The van der Waals surface area contributed by atoms with Gasteiger partial charge in [-0.25, -0.2) is 14.4 Å². The molecular weight excluding hydrogens is 743 g/mol. The van der Waals surface area contributed by atoms with Crippen LogP contribution in [-0.4, -0.2) is 88.3 Å². The maximum absolute atomic E-state index is 12.1. The molecule has 3 aliphatic rings. The van der Waals surface area contributed by atoms with Gasteiger partial charge in [-0.2, -0.15) is 10.5 Å². The number of ketones is 1. The molecule has 0 bridgehead atoms. The first-order valence-corrected chi connectivity index (χ1v) is 20.2. The fourth-order valence-corrected chi connectivity index (χ4v) is 8.07. The number of nitrogens with two attached hydrogens (primary N) is 2. The molecule has 0 radical (unpaired) electrons. The molecule has 3 amide bonds. The number of likely N-dealkylation sites (tertiary alicyclic amines) is 1. The Morgan fingerprint density at radius 1 is 0.582 bits per heavy atom. The number of nitrogen functional groups attached to an aromatic ring is 2. The highest BCUT2D eigenvalue weighted by Gasteiger charge is 2.29. The molecule has 0 atom stereocenters. The summed E-state index contributed by atoms with van der Waals surface area (Å²) in [5, 5.41) is 19.4. The largest absolute Gasteiger partial charge is 0.444 e. The molecule has 0 spiro atoms. The van der Waals surface area contributed by atoms with E-state index in [1.807, 2.05) is 62.3 Å². The van der Waals surface area contributed by atoms with Crippen LogP contribution < -0.4 is 11.5 Å². The van der Waals surface area contributed by atoms with Crippen LogP contribution in [0, 0.1) is 22.7 Å². The smallest absolute Gasteiger partial charge is 0.410 e. The van der Waals surface area contributed by atoms with Crippen LogP contribution in [0.5, 0.6) is 0 Å². The summed E-state index contributed by atoms with van der Waals surface area (Å²) in [6, 6.07) is 4.33. The molecule has 5 rings (SSSR count). The molecule has 5 heterocycles. The van der Waals surface area contributed by atoms with Crippen molar-refractivity contribution in [3.05, 3.63) is 32.0 Å². The number of carbonyl (C=O) groups is 4. The highest BCUT2D eigenvalue weighted by molar-refractivity contribution is 7.16. The van der Waals surface area contributed by atoms with Crippen LogP contribution in [0.1, 0.15) is 120 Å². The maximum Gasteiger partial charge on any atom is 0.410 e. The molecule has 4 N–H and O–H groups in total. The van der Waals surface area contributed by atoms with Crippen LogP contribution in [0.3, 0.4) is 0 Å². The molecule has 55 heavy (non-hydrogen) atoms. The van der Waals surface area contributed by atoms with E-state index in [1.54, 1.807) is 14.7 Å². The molecule has 0 unspecified atom stereocenters. The van der Waals surface area contributed by atoms with E-state index in [-0.39, 0.29) is 24.1 Å². The summed E-state index contributed by atoms with van der Waals surface area (Å²) in [6.07, 6.45) is 3.86. The van der Waals surface area contributed by atoms with E-state index in [1.165, 1.54) is 22.7 Å². The summed E-state index contributed by atoms with van der Waals surface area (Å²) in [5.41, 5.74) is 13.4. The number of amides is 3. The van der Waals surface area contributed by atoms with Gasteiger partial charge in [0.2, 0.25) is 0 Å². The van der Waals surface area contributed by atoms with Crippen molar-refractivity contribution >= 4 is 56.7 Å². The zero-order valence-electron chi connectivity index (χ0n) is 33.8. The van der Waals surface area contributed by atoms with Gasteiger partial charge in [-0.15, -0.1) is 22.7 Å². The normalized spacial score (nSPS) is 16.1. The number of thiophene rings is 2. The Bertz CT molecular complexity index is 1790. The molecule has 2 aromatic rings. The molecule has 3 aliphatic heterocycles. The average molecular weight is 800 g/mol. The highest BCUT2D eigenvalue weighted by atomic mass is 32.1. The maximum atomic E-state index is 12.1. The number of hydrogen-bond acceptors (Lipinski definition) is 13. The molecule has 16 heteroatoms. The topological polar surface area (TPSA) is 205 Å². The van der Waals surface area contributed by atoms with Crippen molar-refractivity contribution in [2.75, 3.05) is 44.2 Å². The molecule has 1 fully saturated rings. The fraction of sp³-hybridized carbons (Fsp3) is 0.641. The van der Waals surface area contributed by atoms with Crippen LogP contribution in [0.15, 0.2) is 0 Å². The number of fused-ring (bicyclic) bond motifs is 2. The number of nitrogens with zero attached hydrogens (tertiary/aromatic N) is 5. The summed E-state index contributed by atoms with van der Waals surface area (Å²) in [6.45, 7) is 20.0. The van der Waals surface area contributed by atoms with Gasteiger partial charge in [-0.05, 0) is 106 Å². The first kappa shape index (κ1) is 44.9. The van der Waals surface area contributed by atoms with Crippen molar-refractivity contribution in [2.24, 2.45) is 0 Å². The number of hydrogen-bond donors (Lipinski definition) is 2. The molecule has 0 aromatic carbocycles. The van der Waals surface area contributed by atoms with Crippen molar-refractivity contribution < 1.29 is 33.4 Å². The van der Waals surface area contributed by atoms with Crippen LogP contribution in [0.4, 0.5) is 24.4 Å². The number of nitriles is 2. The van der Waals surface area contributed by atoms with Crippen molar-refractivity contribution in [2.45, 2.75) is 131 Å². The molecular formula is C39H57N7O7S2. The van der Waals surface area contributed by atoms with E-state index in [2.05, 4.69) is 12.1 Å². The Morgan fingerprint density at radius 3 is 1.49 bits per heavy atom. The second-order valence-corrected chi connectivity index (χ2v) is 18.8. The summed E-state index contributed by atoms with van der Waals surface area (Å²) < 4.78 is 16.0. The molecule has 2 aromatic heterocycles. The Kier molecular flexibility index (Phi) is 15.4. The van der Waals surface area contributed by atoms with Gasteiger partial charge < -0.3 is 40.4 Å². The highest BCUT2D eigenvalue weighted by Crippen LogP contribution is 2.35. The van der Waals surface area contributed by atoms with Gasteiger partial charge in [-0.3, -0.25) is 4.79 Å². The number of Topliss-reactive ketones (excluding diaryl/α,β-unsaturated/α-hetero) is 1. The lowest BCUT2D eigenvalue weighted by Gasteiger charge is -2.26. The molecule has 0 aliphatic carbocycles. The van der Waals surface area contributed by atoms with Crippen LogP contribution >= 0.6 is 22.7 Å². The summed E-state index contributed by atoms with van der Waals surface area (Å²) in [7, 11) is 0. The van der Waals surface area contributed by atoms with Crippen molar-refractivity contribution in [3.63, 3.8) is 0 Å². The Morgan fingerprint density at radius 2 is 0.982 bits per heavy atom. The summed E-state index contributed by atoms with van der Waals surface area (Å²) in [4.78, 5) is 54.2. The van der Waals surface area contributed by atoms with E-state index in [0.717, 1.165) is 46.6 Å². The van der Waals surface area contributed by atoms with Crippen LogP contribution in [-0.2, 0) is 44.8 Å². The van der Waals surface area contributed by atoms with Gasteiger partial charge in [-0.1, -0.05) is 0 Å². The fourth-order valence-electron chi connectivity index (χ4n) is 5.93. The monoisotopic (exact) mass is 799 g/mol. The molecule has 1 saturated heterocycles. The minimum absolute atomic E-state index is 0.237. The lowest BCUT2D eigenvalue weighted by atomic mass is 10.1. The summed E-state index contributed by atoms with van der Waals surface area (Å²) >= 11 is 2.86. The van der Waals surface area contributed by atoms with E-state index in [0.29, 0.717) is 79.7 Å². The quantitative estimate of drug-likeness (QED) is 0.251. The van der Waals surface area contributed by atoms with Gasteiger partial charge in [0.25, 0.3) is 0 Å². The van der Waals surface area contributed by atoms with E-state index in [9.17, 15) is 19.2 Å². The number of anilines is 2. The third-order valence-corrected chi connectivity index (χ3v) is 10.6. The molecule has 302 valence electrons. The van der Waals surface area contributed by atoms with Crippen molar-refractivity contribution in [1.29, 1.82) is 10.5 Å². The van der Waals surface area contributed by atoms with E-state index >= 15 is 0 Å². The van der Waals surface area contributed by atoms with Crippen molar-refractivity contribution in [1.82, 2.24) is 14.7 Å². The van der Waals surface area contributed by atoms with E-state index in [4.69, 9.17) is 36.2 Å². The first-order valence-electron chi connectivity index (χ1n) is 18.6.